The van der Waals surface area contributed by atoms with E-state index in [1.807, 2.05) is 26.0 Å². The maximum atomic E-state index is 12.2. The maximum Gasteiger partial charge on any atom is 0.341 e. The number of hydrogen-bond acceptors (Lipinski definition) is 5. The second-order valence-corrected chi connectivity index (χ2v) is 7.64. The first-order chi connectivity index (χ1) is 13.3. The van der Waals surface area contributed by atoms with Crippen LogP contribution in [0, 0.1) is 13.8 Å². The molecule has 1 heterocycles. The molecule has 0 atom stereocenters. The Hall–Kier alpha value is -2.77. The number of carbonyl (C=O) groups excluding carboxylic acids is 1. The van der Waals surface area contributed by atoms with E-state index in [4.69, 9.17) is 21.4 Å². The standard InChI is InChI=1S/C20H17ClN2O4S/c1-11-5-12(2)7-14(6-11)22-20-23-19(26)17(28-20)9-13-3-4-16(15(21)8-13)27-10-18(24)25/h3-9H,10H2,1-2H3,(H,24,25)(H,22,23,26)/b17-9-. The Morgan fingerprint density at radius 3 is 2.61 bits per heavy atom. The van der Waals surface area contributed by atoms with Gasteiger partial charge in [-0.25, -0.2) is 9.79 Å². The van der Waals surface area contributed by atoms with Crippen LogP contribution < -0.4 is 10.1 Å². The first-order valence-corrected chi connectivity index (χ1v) is 9.51. The first kappa shape index (κ1) is 20.0. The number of carboxylic acids is 1. The number of ether oxygens (including phenoxy) is 1. The van der Waals surface area contributed by atoms with Crippen molar-refractivity contribution < 1.29 is 19.4 Å². The molecule has 2 N–H and O–H groups in total. The van der Waals surface area contributed by atoms with Gasteiger partial charge in [-0.05, 0) is 72.6 Å². The van der Waals surface area contributed by atoms with Gasteiger partial charge in [0.2, 0.25) is 0 Å². The van der Waals surface area contributed by atoms with E-state index in [0.717, 1.165) is 16.8 Å². The Kier molecular flexibility index (Phi) is 6.06. The summed E-state index contributed by atoms with van der Waals surface area (Å²) in [7, 11) is 0. The molecule has 1 aliphatic rings. The van der Waals surface area contributed by atoms with E-state index in [1.165, 1.54) is 11.8 Å². The van der Waals surface area contributed by atoms with Gasteiger partial charge in [-0.1, -0.05) is 23.7 Å². The number of thioether (sulfide) groups is 1. The highest BCUT2D eigenvalue weighted by molar-refractivity contribution is 8.18. The molecule has 0 unspecified atom stereocenters. The summed E-state index contributed by atoms with van der Waals surface area (Å²) >= 11 is 7.36. The number of benzene rings is 2. The molecule has 2 aromatic rings. The molecule has 1 fully saturated rings. The van der Waals surface area contributed by atoms with Crippen LogP contribution in [0.3, 0.4) is 0 Å². The summed E-state index contributed by atoms with van der Waals surface area (Å²) in [5.74, 6) is -1.06. The number of hydrogen-bond donors (Lipinski definition) is 2. The highest BCUT2D eigenvalue weighted by Crippen LogP contribution is 2.31. The van der Waals surface area contributed by atoms with E-state index in [-0.39, 0.29) is 16.7 Å². The van der Waals surface area contributed by atoms with Crippen LogP contribution in [0.1, 0.15) is 16.7 Å². The van der Waals surface area contributed by atoms with Crippen molar-refractivity contribution in [1.29, 1.82) is 0 Å². The fourth-order valence-corrected chi connectivity index (χ4v) is 3.71. The van der Waals surface area contributed by atoms with Crippen molar-refractivity contribution in [3.63, 3.8) is 0 Å². The molecule has 28 heavy (non-hydrogen) atoms. The Morgan fingerprint density at radius 2 is 1.96 bits per heavy atom. The largest absolute Gasteiger partial charge is 0.480 e. The van der Waals surface area contributed by atoms with Crippen LogP contribution in [-0.2, 0) is 9.59 Å². The van der Waals surface area contributed by atoms with E-state index >= 15 is 0 Å². The fraction of sp³-hybridized carbons (Fsp3) is 0.150. The zero-order chi connectivity index (χ0) is 20.3. The molecular weight excluding hydrogens is 400 g/mol. The number of amides is 1. The summed E-state index contributed by atoms with van der Waals surface area (Å²) in [4.78, 5) is 27.8. The SMILES string of the molecule is Cc1cc(C)cc(N=C2NC(=O)/C(=C/c3ccc(OCC(=O)O)c(Cl)c3)S2)c1. The third-order valence-electron chi connectivity index (χ3n) is 3.69. The number of nitrogens with one attached hydrogen (secondary N) is 1. The van der Waals surface area contributed by atoms with Gasteiger partial charge in [-0.2, -0.15) is 0 Å². The Bertz CT molecular complexity index is 997. The third kappa shape index (κ3) is 5.15. The molecule has 3 rings (SSSR count). The van der Waals surface area contributed by atoms with Crippen molar-refractivity contribution in [3.8, 4) is 5.75 Å². The Balaban J connectivity index is 1.78. The van der Waals surface area contributed by atoms with E-state index < -0.39 is 12.6 Å². The predicted octanol–water partition coefficient (Wildman–Crippen LogP) is 4.31. The summed E-state index contributed by atoms with van der Waals surface area (Å²) in [6.07, 6.45) is 1.69. The maximum absolute atomic E-state index is 12.2. The van der Waals surface area contributed by atoms with E-state index in [0.29, 0.717) is 15.6 Å². The number of aliphatic imine (C=N–C) groups is 1. The molecule has 144 valence electrons. The van der Waals surface area contributed by atoms with Crippen LogP contribution in [0.2, 0.25) is 5.02 Å². The van der Waals surface area contributed by atoms with Gasteiger partial charge in [0.05, 0.1) is 15.6 Å². The van der Waals surface area contributed by atoms with E-state index in [1.54, 1.807) is 24.3 Å². The molecule has 2 aromatic carbocycles. The summed E-state index contributed by atoms with van der Waals surface area (Å²) < 4.78 is 5.09. The number of carboxylic acid groups (broad SMARTS) is 1. The quantitative estimate of drug-likeness (QED) is 0.709. The number of rotatable bonds is 5. The molecule has 0 radical (unpaired) electrons. The second kappa shape index (κ2) is 8.50. The van der Waals surface area contributed by atoms with Gasteiger partial charge >= 0.3 is 5.97 Å². The molecular formula is C20H17ClN2O4S. The van der Waals surface area contributed by atoms with Gasteiger partial charge in [0, 0.05) is 0 Å². The number of aryl methyl sites for hydroxylation is 2. The molecule has 1 aliphatic heterocycles. The van der Waals surface area contributed by atoms with Gasteiger partial charge in [0.15, 0.2) is 11.8 Å². The minimum atomic E-state index is -1.09. The van der Waals surface area contributed by atoms with Gasteiger partial charge in [-0.3, -0.25) is 4.79 Å². The summed E-state index contributed by atoms with van der Waals surface area (Å²) in [5, 5.41) is 12.2. The summed E-state index contributed by atoms with van der Waals surface area (Å²) in [5.41, 5.74) is 3.68. The summed E-state index contributed by atoms with van der Waals surface area (Å²) in [6, 6.07) is 10.8. The van der Waals surface area contributed by atoms with E-state index in [9.17, 15) is 9.59 Å². The topological polar surface area (TPSA) is 88.0 Å². The minimum Gasteiger partial charge on any atom is -0.480 e. The average Bonchev–Trinajstić information content (AvgIpc) is 2.92. The van der Waals surface area contributed by atoms with Crippen molar-refractivity contribution in [1.82, 2.24) is 5.32 Å². The Morgan fingerprint density at radius 1 is 1.25 bits per heavy atom. The Labute approximate surface area is 171 Å². The minimum absolute atomic E-state index is 0.240. The van der Waals surface area contributed by atoms with Crippen molar-refractivity contribution in [2.24, 2.45) is 4.99 Å². The number of carbonyl (C=O) groups is 2. The first-order valence-electron chi connectivity index (χ1n) is 8.32. The fourth-order valence-electron chi connectivity index (χ4n) is 2.63. The number of aliphatic carboxylic acids is 1. The van der Waals surface area contributed by atoms with E-state index in [2.05, 4.69) is 16.4 Å². The number of amidine groups is 1. The molecule has 0 saturated carbocycles. The highest BCUT2D eigenvalue weighted by Gasteiger charge is 2.24. The second-order valence-electron chi connectivity index (χ2n) is 6.20. The zero-order valence-corrected chi connectivity index (χ0v) is 16.7. The van der Waals surface area contributed by atoms with Gasteiger partial charge < -0.3 is 15.2 Å². The molecule has 0 aliphatic carbocycles. The smallest absolute Gasteiger partial charge is 0.341 e. The number of nitrogens with zero attached hydrogens (tertiary/aromatic N) is 1. The lowest BCUT2D eigenvalue weighted by atomic mass is 10.1. The molecule has 0 spiro atoms. The van der Waals surface area contributed by atoms with Crippen molar-refractivity contribution in [2.75, 3.05) is 6.61 Å². The molecule has 0 bridgehead atoms. The van der Waals surface area contributed by atoms with Crippen molar-refractivity contribution >= 4 is 52.2 Å². The van der Waals surface area contributed by atoms with Crippen LogP contribution in [0.5, 0.6) is 5.75 Å². The lowest BCUT2D eigenvalue weighted by Gasteiger charge is -2.06. The summed E-state index contributed by atoms with van der Waals surface area (Å²) in [6.45, 7) is 3.52. The lowest BCUT2D eigenvalue weighted by molar-refractivity contribution is -0.139. The molecule has 1 saturated heterocycles. The monoisotopic (exact) mass is 416 g/mol. The molecule has 0 aromatic heterocycles. The molecule has 6 nitrogen and oxygen atoms in total. The van der Waals surface area contributed by atoms with Crippen LogP contribution in [0.15, 0.2) is 46.3 Å². The van der Waals surface area contributed by atoms with Crippen LogP contribution >= 0.6 is 23.4 Å². The van der Waals surface area contributed by atoms with Gasteiger partial charge in [-0.15, -0.1) is 0 Å². The van der Waals surface area contributed by atoms with Crippen molar-refractivity contribution in [3.05, 3.63) is 63.0 Å². The van der Waals surface area contributed by atoms with Crippen LogP contribution in [0.25, 0.3) is 6.08 Å². The zero-order valence-electron chi connectivity index (χ0n) is 15.2. The highest BCUT2D eigenvalue weighted by atomic mass is 35.5. The van der Waals surface area contributed by atoms with Crippen LogP contribution in [-0.4, -0.2) is 28.8 Å². The predicted molar refractivity (Wildman–Crippen MR) is 111 cm³/mol. The normalized spacial score (nSPS) is 16.5. The number of halogens is 1. The van der Waals surface area contributed by atoms with Gasteiger partial charge in [0.25, 0.3) is 5.91 Å². The third-order valence-corrected chi connectivity index (χ3v) is 4.90. The average molecular weight is 417 g/mol. The molecule has 1 amide bonds. The van der Waals surface area contributed by atoms with Gasteiger partial charge in [0.1, 0.15) is 5.75 Å². The van der Waals surface area contributed by atoms with Crippen molar-refractivity contribution in [2.45, 2.75) is 13.8 Å². The lowest BCUT2D eigenvalue weighted by Crippen LogP contribution is -2.19. The van der Waals surface area contributed by atoms with Crippen LogP contribution in [0.4, 0.5) is 5.69 Å². The molecule has 8 heteroatoms.